The summed E-state index contributed by atoms with van der Waals surface area (Å²) in [5.74, 6) is 0.918. The molecule has 3 nitrogen and oxygen atoms in total. The highest BCUT2D eigenvalue weighted by molar-refractivity contribution is 5.94. The Hall–Kier alpha value is -2.29. The van der Waals surface area contributed by atoms with E-state index in [4.69, 9.17) is 9.47 Å². The number of methoxy groups -OCH3 is 1. The molecule has 0 aromatic heterocycles. The lowest BCUT2D eigenvalue weighted by Crippen LogP contribution is -2.35. The Morgan fingerprint density at radius 2 is 1.81 bits per heavy atom. The van der Waals surface area contributed by atoms with Gasteiger partial charge in [0.05, 0.1) is 7.11 Å². The highest BCUT2D eigenvalue weighted by Crippen LogP contribution is 2.69. The molecule has 0 heterocycles. The third kappa shape index (κ3) is 2.29. The van der Waals surface area contributed by atoms with Gasteiger partial charge < -0.3 is 9.47 Å². The van der Waals surface area contributed by atoms with E-state index < -0.39 is 0 Å². The zero-order valence-electron chi connectivity index (χ0n) is 16.6. The van der Waals surface area contributed by atoms with Gasteiger partial charge in [-0.1, -0.05) is 63.3 Å². The first-order valence-corrected chi connectivity index (χ1v) is 9.05. The number of ether oxygens (including phenoxy) is 2. The van der Waals surface area contributed by atoms with Gasteiger partial charge in [0.2, 0.25) is 0 Å². The summed E-state index contributed by atoms with van der Waals surface area (Å²) in [5.41, 5.74) is 4.57. The van der Waals surface area contributed by atoms with Gasteiger partial charge in [0.25, 0.3) is 0 Å². The Morgan fingerprint density at radius 3 is 2.35 bits per heavy atom. The van der Waals surface area contributed by atoms with Crippen LogP contribution in [-0.4, -0.2) is 13.1 Å². The van der Waals surface area contributed by atoms with Gasteiger partial charge in [0.1, 0.15) is 12.4 Å². The van der Waals surface area contributed by atoms with Crippen molar-refractivity contribution in [3.63, 3.8) is 0 Å². The molecule has 2 aliphatic carbocycles. The minimum atomic E-state index is -0.364. The van der Waals surface area contributed by atoms with Crippen molar-refractivity contribution in [2.75, 3.05) is 7.11 Å². The number of carbonyl (C=O) groups is 1. The summed E-state index contributed by atoms with van der Waals surface area (Å²) in [6, 6.07) is 7.87. The first-order chi connectivity index (χ1) is 12.2. The molecule has 2 bridgehead atoms. The largest absolute Gasteiger partial charge is 0.500 e. The fourth-order valence-electron chi connectivity index (χ4n) is 4.96. The number of allylic oxidation sites excluding steroid dienone is 2. The van der Waals surface area contributed by atoms with Crippen LogP contribution in [0.15, 0.2) is 53.3 Å². The Balaban J connectivity index is 1.85. The molecule has 26 heavy (non-hydrogen) atoms. The highest BCUT2D eigenvalue weighted by Gasteiger charge is 2.65. The van der Waals surface area contributed by atoms with Gasteiger partial charge in [-0.05, 0) is 36.0 Å². The summed E-state index contributed by atoms with van der Waals surface area (Å²) >= 11 is 0. The van der Waals surface area contributed by atoms with Gasteiger partial charge in [-0.2, -0.15) is 0 Å². The minimum absolute atomic E-state index is 0.105. The highest BCUT2D eigenvalue weighted by atomic mass is 16.5. The third-order valence-corrected chi connectivity index (χ3v) is 6.73. The predicted octanol–water partition coefficient (Wildman–Crippen LogP) is 5.29. The van der Waals surface area contributed by atoms with Crippen LogP contribution in [0.2, 0.25) is 0 Å². The molecule has 0 amide bonds. The SMILES string of the molecule is C=Cc1ccc(COC(=O)C2=C(C)[C@@H]3C(OC)=C(C)[C@]2(C)C3(C)C)cc1. The fourth-order valence-corrected chi connectivity index (χ4v) is 4.96. The molecule has 3 rings (SSSR count). The van der Waals surface area contributed by atoms with E-state index in [-0.39, 0.29) is 29.3 Å². The Labute approximate surface area is 156 Å². The van der Waals surface area contributed by atoms with E-state index in [1.54, 1.807) is 13.2 Å². The maximum atomic E-state index is 13.0. The van der Waals surface area contributed by atoms with Crippen molar-refractivity contribution in [1.82, 2.24) is 0 Å². The van der Waals surface area contributed by atoms with Gasteiger partial charge in [-0.15, -0.1) is 0 Å². The van der Waals surface area contributed by atoms with E-state index in [2.05, 4.69) is 34.3 Å². The summed E-state index contributed by atoms with van der Waals surface area (Å²) in [4.78, 5) is 13.0. The van der Waals surface area contributed by atoms with Gasteiger partial charge in [-0.3, -0.25) is 0 Å². The van der Waals surface area contributed by atoms with E-state index in [9.17, 15) is 4.79 Å². The molecular weight excluding hydrogens is 324 g/mol. The van der Waals surface area contributed by atoms with Gasteiger partial charge in [-0.25, -0.2) is 4.79 Å². The Bertz CT molecular complexity index is 824. The standard InChI is InChI=1S/C23H28O3/c1-8-16-9-11-17(12-10-16)13-26-21(24)19-14(2)18-20(25-7)15(3)23(19,6)22(18,4)5/h8-12,18H,1,13H2,2-7H3/t18-,23+/m1/s1. The summed E-state index contributed by atoms with van der Waals surface area (Å²) in [7, 11) is 1.72. The number of hydrogen-bond acceptors (Lipinski definition) is 3. The fraction of sp³-hybridized carbons (Fsp3) is 0.435. The van der Waals surface area contributed by atoms with Crippen molar-refractivity contribution in [1.29, 1.82) is 0 Å². The average molecular weight is 352 g/mol. The number of fused-ring (bicyclic) bond motifs is 2. The van der Waals surface area contributed by atoms with Crippen molar-refractivity contribution in [2.24, 2.45) is 16.7 Å². The Kier molecular flexibility index (Phi) is 4.38. The van der Waals surface area contributed by atoms with E-state index in [0.29, 0.717) is 0 Å². The van der Waals surface area contributed by atoms with Gasteiger partial charge >= 0.3 is 5.97 Å². The van der Waals surface area contributed by atoms with Crippen LogP contribution in [0.5, 0.6) is 0 Å². The maximum Gasteiger partial charge on any atom is 0.335 e. The lowest BCUT2D eigenvalue weighted by atomic mass is 9.64. The molecule has 1 aromatic carbocycles. The lowest BCUT2D eigenvalue weighted by Gasteiger charge is -2.37. The summed E-state index contributed by atoms with van der Waals surface area (Å²) in [6.07, 6.45) is 1.80. The van der Waals surface area contributed by atoms with Crippen LogP contribution in [0.1, 0.15) is 45.7 Å². The maximum absolute atomic E-state index is 13.0. The molecule has 138 valence electrons. The molecule has 3 heteroatoms. The van der Waals surface area contributed by atoms with Crippen molar-refractivity contribution >= 4 is 12.0 Å². The molecule has 0 N–H and O–H groups in total. The van der Waals surface area contributed by atoms with Crippen LogP contribution in [0.3, 0.4) is 0 Å². The third-order valence-electron chi connectivity index (χ3n) is 6.73. The van der Waals surface area contributed by atoms with Crippen LogP contribution >= 0.6 is 0 Å². The number of carbonyl (C=O) groups excluding carboxylic acids is 1. The summed E-state index contributed by atoms with van der Waals surface area (Å²) in [5, 5.41) is 0. The summed E-state index contributed by atoms with van der Waals surface area (Å²) in [6.45, 7) is 14.7. The van der Waals surface area contributed by atoms with Crippen molar-refractivity contribution in [3.8, 4) is 0 Å². The molecular formula is C23H28O3. The molecule has 0 fully saturated rings. The molecule has 0 saturated heterocycles. The number of benzene rings is 1. The molecule has 0 radical (unpaired) electrons. The normalized spacial score (nSPS) is 26.3. The van der Waals surface area contributed by atoms with Crippen molar-refractivity contribution < 1.29 is 14.3 Å². The van der Waals surface area contributed by atoms with Crippen LogP contribution < -0.4 is 0 Å². The topological polar surface area (TPSA) is 35.5 Å². The number of rotatable bonds is 5. The summed E-state index contributed by atoms with van der Waals surface area (Å²) < 4.78 is 11.4. The molecule has 2 atom stereocenters. The molecule has 0 saturated carbocycles. The second-order valence-corrected chi connectivity index (χ2v) is 8.05. The van der Waals surface area contributed by atoms with E-state index in [0.717, 1.165) is 33.6 Å². The molecule has 0 spiro atoms. The predicted molar refractivity (Wildman–Crippen MR) is 104 cm³/mol. The van der Waals surface area contributed by atoms with E-state index in [1.165, 1.54) is 0 Å². The first kappa shape index (κ1) is 18.5. The van der Waals surface area contributed by atoms with Gasteiger partial charge in [0.15, 0.2) is 0 Å². The first-order valence-electron chi connectivity index (χ1n) is 9.05. The minimum Gasteiger partial charge on any atom is -0.500 e. The van der Waals surface area contributed by atoms with E-state index >= 15 is 0 Å². The second kappa shape index (κ2) is 6.15. The molecule has 0 unspecified atom stereocenters. The quantitative estimate of drug-likeness (QED) is 0.676. The van der Waals surface area contributed by atoms with Crippen molar-refractivity contribution in [2.45, 2.75) is 41.2 Å². The average Bonchev–Trinajstić information content (AvgIpc) is 2.87. The molecule has 0 aliphatic heterocycles. The van der Waals surface area contributed by atoms with Crippen LogP contribution in [0.4, 0.5) is 0 Å². The number of hydrogen-bond donors (Lipinski definition) is 0. The smallest absolute Gasteiger partial charge is 0.335 e. The second-order valence-electron chi connectivity index (χ2n) is 8.05. The molecule has 2 aliphatic rings. The van der Waals surface area contributed by atoms with Crippen LogP contribution in [0.25, 0.3) is 6.08 Å². The van der Waals surface area contributed by atoms with Crippen LogP contribution in [-0.2, 0) is 20.9 Å². The zero-order valence-corrected chi connectivity index (χ0v) is 16.6. The Morgan fingerprint density at radius 1 is 1.19 bits per heavy atom. The van der Waals surface area contributed by atoms with Crippen LogP contribution in [0, 0.1) is 16.7 Å². The lowest BCUT2D eigenvalue weighted by molar-refractivity contribution is -0.141. The number of esters is 1. The van der Waals surface area contributed by atoms with Crippen molar-refractivity contribution in [3.05, 3.63) is 64.4 Å². The van der Waals surface area contributed by atoms with E-state index in [1.807, 2.05) is 31.2 Å². The monoisotopic (exact) mass is 352 g/mol. The van der Waals surface area contributed by atoms with Gasteiger partial charge in [0, 0.05) is 16.9 Å². The molecule has 1 aromatic rings. The zero-order chi connectivity index (χ0) is 19.3.